The predicted molar refractivity (Wildman–Crippen MR) is 110 cm³/mol. The molecule has 3 N–H and O–H groups in total. The van der Waals surface area contributed by atoms with Crippen LogP contribution in [-0.2, 0) is 9.59 Å². The van der Waals surface area contributed by atoms with Crippen LogP contribution in [-0.4, -0.2) is 36.0 Å². The van der Waals surface area contributed by atoms with Crippen molar-refractivity contribution in [3.8, 4) is 11.5 Å². The Balaban J connectivity index is 1.80. The molecule has 0 fully saturated rings. The van der Waals surface area contributed by atoms with Gasteiger partial charge in [-0.1, -0.05) is 18.2 Å². The molecule has 29 heavy (non-hydrogen) atoms. The van der Waals surface area contributed by atoms with E-state index in [0.29, 0.717) is 33.8 Å². The number of rotatable bonds is 4. The summed E-state index contributed by atoms with van der Waals surface area (Å²) in [4.78, 5) is 31.8. The summed E-state index contributed by atoms with van der Waals surface area (Å²) < 4.78 is 10.8. The van der Waals surface area contributed by atoms with Gasteiger partial charge < -0.3 is 19.4 Å². The Hall–Kier alpha value is -4.00. The van der Waals surface area contributed by atoms with E-state index >= 15 is 0 Å². The van der Waals surface area contributed by atoms with Crippen molar-refractivity contribution in [2.24, 2.45) is 0 Å². The summed E-state index contributed by atoms with van der Waals surface area (Å²) >= 11 is 0. The first kappa shape index (κ1) is 17.1. The molecule has 144 valence electrons. The van der Waals surface area contributed by atoms with E-state index in [1.54, 1.807) is 38.7 Å². The van der Waals surface area contributed by atoms with Gasteiger partial charge in [0.2, 0.25) is 0 Å². The van der Waals surface area contributed by atoms with E-state index in [1.807, 2.05) is 24.3 Å². The summed E-state index contributed by atoms with van der Waals surface area (Å²) in [6.07, 6.45) is 3.49. The van der Waals surface area contributed by atoms with Gasteiger partial charge in [0.1, 0.15) is 0 Å². The normalized spacial score (nSPS) is 14.1. The summed E-state index contributed by atoms with van der Waals surface area (Å²) in [5, 5.41) is 4.08. The number of aromatic amines is 2. The van der Waals surface area contributed by atoms with E-state index in [2.05, 4.69) is 15.3 Å². The molecule has 0 spiro atoms. The fourth-order valence-corrected chi connectivity index (χ4v) is 3.90. The molecule has 0 aliphatic carbocycles. The van der Waals surface area contributed by atoms with Crippen LogP contribution in [0.5, 0.6) is 11.5 Å². The van der Waals surface area contributed by atoms with E-state index in [9.17, 15) is 9.59 Å². The van der Waals surface area contributed by atoms with Crippen LogP contribution in [0.15, 0.2) is 48.8 Å². The fraction of sp³-hybridized carbons (Fsp3) is 0.0909. The number of hydrogen-bond acceptors (Lipinski definition) is 4. The molecule has 0 saturated heterocycles. The molecule has 3 heterocycles. The average Bonchev–Trinajstić information content (AvgIpc) is 3.41. The number of para-hydroxylation sites is 1. The summed E-state index contributed by atoms with van der Waals surface area (Å²) in [7, 11) is 3.12. The van der Waals surface area contributed by atoms with Crippen LogP contribution >= 0.6 is 0 Å². The number of fused-ring (bicyclic) bond motifs is 2. The summed E-state index contributed by atoms with van der Waals surface area (Å²) in [5.74, 6) is 0.279. The molecule has 0 unspecified atom stereocenters. The van der Waals surface area contributed by atoms with Crippen molar-refractivity contribution in [1.29, 1.82) is 0 Å². The zero-order valence-electron chi connectivity index (χ0n) is 15.8. The van der Waals surface area contributed by atoms with Gasteiger partial charge in [-0.15, -0.1) is 0 Å². The zero-order valence-corrected chi connectivity index (χ0v) is 15.8. The standard InChI is InChI=1S/C22H17N3O4/c1-28-17-7-12-14(10-24-16(12)8-18(17)29-2)20-19(21(26)25-22(20)27)13-9-23-15-6-4-3-5-11(13)15/h3-10,23-24H,1-2H3,(H,25,26,27). The van der Waals surface area contributed by atoms with Crippen molar-refractivity contribution in [3.63, 3.8) is 0 Å². The number of carbonyl (C=O) groups excluding carboxylic acids is 2. The minimum atomic E-state index is -0.425. The van der Waals surface area contributed by atoms with Crippen molar-refractivity contribution in [1.82, 2.24) is 15.3 Å². The second kappa shape index (κ2) is 6.27. The van der Waals surface area contributed by atoms with E-state index < -0.39 is 11.8 Å². The minimum Gasteiger partial charge on any atom is -0.493 e. The third-order valence-corrected chi connectivity index (χ3v) is 5.24. The fourth-order valence-electron chi connectivity index (χ4n) is 3.90. The number of ether oxygens (including phenoxy) is 2. The average molecular weight is 387 g/mol. The van der Waals surface area contributed by atoms with Crippen LogP contribution < -0.4 is 14.8 Å². The highest BCUT2D eigenvalue weighted by Gasteiger charge is 2.34. The van der Waals surface area contributed by atoms with Crippen molar-refractivity contribution in [2.75, 3.05) is 14.2 Å². The van der Waals surface area contributed by atoms with Gasteiger partial charge in [0.15, 0.2) is 11.5 Å². The largest absolute Gasteiger partial charge is 0.493 e. The SMILES string of the molecule is COc1cc2[nH]cc(C3=C(c4c[nH]c5ccccc45)C(=O)NC3=O)c2cc1OC. The van der Waals surface area contributed by atoms with E-state index in [-0.39, 0.29) is 0 Å². The van der Waals surface area contributed by atoms with Gasteiger partial charge in [-0.3, -0.25) is 14.9 Å². The molecule has 4 aromatic rings. The topological polar surface area (TPSA) is 96.2 Å². The lowest BCUT2D eigenvalue weighted by atomic mass is 9.95. The Morgan fingerprint density at radius 3 is 2.00 bits per heavy atom. The van der Waals surface area contributed by atoms with E-state index in [4.69, 9.17) is 9.47 Å². The first-order valence-corrected chi connectivity index (χ1v) is 9.02. The second-order valence-corrected chi connectivity index (χ2v) is 6.74. The van der Waals surface area contributed by atoms with Gasteiger partial charge in [-0.2, -0.15) is 0 Å². The highest BCUT2D eigenvalue weighted by Crippen LogP contribution is 2.40. The maximum atomic E-state index is 12.8. The molecule has 0 atom stereocenters. The lowest BCUT2D eigenvalue weighted by Gasteiger charge is -2.08. The highest BCUT2D eigenvalue weighted by molar-refractivity contribution is 6.50. The maximum Gasteiger partial charge on any atom is 0.259 e. The molecule has 5 rings (SSSR count). The van der Waals surface area contributed by atoms with Gasteiger partial charge >= 0.3 is 0 Å². The Bertz CT molecular complexity index is 1340. The molecule has 0 saturated carbocycles. The first-order chi connectivity index (χ1) is 14.1. The van der Waals surface area contributed by atoms with Gasteiger partial charge in [-0.25, -0.2) is 0 Å². The number of aromatic nitrogens is 2. The molecule has 2 aromatic heterocycles. The molecule has 0 bridgehead atoms. The molecule has 1 aliphatic rings. The molecular weight excluding hydrogens is 370 g/mol. The number of H-pyrrole nitrogens is 2. The molecule has 7 nitrogen and oxygen atoms in total. The van der Waals surface area contributed by atoms with Crippen molar-refractivity contribution >= 4 is 44.8 Å². The lowest BCUT2D eigenvalue weighted by Crippen LogP contribution is -2.22. The maximum absolute atomic E-state index is 12.8. The van der Waals surface area contributed by atoms with E-state index in [1.165, 1.54) is 0 Å². The Morgan fingerprint density at radius 2 is 1.31 bits per heavy atom. The minimum absolute atomic E-state index is 0.332. The van der Waals surface area contributed by atoms with Gasteiger partial charge in [0.25, 0.3) is 11.8 Å². The molecule has 1 aliphatic heterocycles. The van der Waals surface area contributed by atoms with Crippen LogP contribution in [0.3, 0.4) is 0 Å². The summed E-state index contributed by atoms with van der Waals surface area (Å²) in [6, 6.07) is 11.3. The number of carbonyl (C=O) groups is 2. The second-order valence-electron chi connectivity index (χ2n) is 6.74. The highest BCUT2D eigenvalue weighted by atomic mass is 16.5. The zero-order chi connectivity index (χ0) is 20.1. The molecule has 2 aromatic carbocycles. The van der Waals surface area contributed by atoms with Crippen LogP contribution in [0, 0.1) is 0 Å². The van der Waals surface area contributed by atoms with Crippen LogP contribution in [0.2, 0.25) is 0 Å². The predicted octanol–water partition coefficient (Wildman–Crippen LogP) is 3.23. The van der Waals surface area contributed by atoms with Crippen LogP contribution in [0.4, 0.5) is 0 Å². The monoisotopic (exact) mass is 387 g/mol. The van der Waals surface area contributed by atoms with E-state index in [0.717, 1.165) is 21.8 Å². The smallest absolute Gasteiger partial charge is 0.259 e. The van der Waals surface area contributed by atoms with Crippen molar-refractivity contribution in [2.45, 2.75) is 0 Å². The Morgan fingerprint density at radius 1 is 0.724 bits per heavy atom. The molecule has 7 heteroatoms. The Labute approximate surface area is 165 Å². The number of benzene rings is 2. The third-order valence-electron chi connectivity index (χ3n) is 5.24. The third kappa shape index (κ3) is 2.44. The number of nitrogens with one attached hydrogen (secondary N) is 3. The van der Waals surface area contributed by atoms with Crippen molar-refractivity contribution < 1.29 is 19.1 Å². The summed E-state index contributed by atoms with van der Waals surface area (Å²) in [5.41, 5.74) is 3.67. The van der Waals surface area contributed by atoms with Gasteiger partial charge in [0, 0.05) is 51.4 Å². The first-order valence-electron chi connectivity index (χ1n) is 9.02. The number of hydrogen-bond donors (Lipinski definition) is 3. The summed E-state index contributed by atoms with van der Waals surface area (Å²) in [6.45, 7) is 0. The molecule has 2 amide bonds. The quantitative estimate of drug-likeness (QED) is 0.469. The lowest BCUT2D eigenvalue weighted by molar-refractivity contribution is -0.122. The van der Waals surface area contributed by atoms with Crippen molar-refractivity contribution in [3.05, 3.63) is 59.9 Å². The van der Waals surface area contributed by atoms with Crippen LogP contribution in [0.1, 0.15) is 11.1 Å². The molecular formula is C22H17N3O4. The number of imide groups is 1. The number of methoxy groups -OCH3 is 2. The number of amides is 2. The van der Waals surface area contributed by atoms with Gasteiger partial charge in [-0.05, 0) is 12.1 Å². The molecule has 0 radical (unpaired) electrons. The Kier molecular flexibility index (Phi) is 3.70. The van der Waals surface area contributed by atoms with Crippen LogP contribution in [0.25, 0.3) is 33.0 Å². The van der Waals surface area contributed by atoms with Gasteiger partial charge in [0.05, 0.1) is 25.4 Å².